The van der Waals surface area contributed by atoms with Crippen LogP contribution in [-0.4, -0.2) is 60.4 Å². The van der Waals surface area contributed by atoms with E-state index in [0.29, 0.717) is 29.9 Å². The topological polar surface area (TPSA) is 111 Å². The second kappa shape index (κ2) is 12.9. The van der Waals surface area contributed by atoms with Crippen molar-refractivity contribution in [3.63, 3.8) is 0 Å². The third kappa shape index (κ3) is 7.81. The zero-order chi connectivity index (χ0) is 32.4. The number of amides is 2. The van der Waals surface area contributed by atoms with E-state index < -0.39 is 29.4 Å². The van der Waals surface area contributed by atoms with Crippen molar-refractivity contribution in [1.29, 1.82) is 0 Å². The zero-order valence-corrected chi connectivity index (χ0v) is 27.2. The van der Waals surface area contributed by atoms with Crippen molar-refractivity contribution in [2.45, 2.75) is 77.2 Å². The van der Waals surface area contributed by atoms with E-state index in [1.54, 1.807) is 53.9 Å². The van der Waals surface area contributed by atoms with Gasteiger partial charge in [-0.2, -0.15) is 9.97 Å². The Hall–Kier alpha value is -4.44. The van der Waals surface area contributed by atoms with Gasteiger partial charge in [0.05, 0.1) is 18.4 Å². The van der Waals surface area contributed by atoms with Crippen LogP contribution in [0.1, 0.15) is 71.0 Å². The Bertz CT molecular complexity index is 1610. The molecule has 2 heterocycles. The molecule has 1 aliphatic carbocycles. The maximum atomic E-state index is 13.2. The SMILES string of the molecule is CC(C)(C)OC(=O)N(C(=O)OC(C)(C)C)[C@@H]1C=C[C@H](n2cnc3c(NCC(c4ccccc4)c4ccccc4)nc(Cl)nc32)C1. The summed E-state index contributed by atoms with van der Waals surface area (Å²) in [6, 6.07) is 19.7. The lowest BCUT2D eigenvalue weighted by molar-refractivity contribution is -0.00401. The maximum Gasteiger partial charge on any atom is 0.420 e. The summed E-state index contributed by atoms with van der Waals surface area (Å²) in [4.78, 5) is 41.1. The molecule has 45 heavy (non-hydrogen) atoms. The molecular weight excluding hydrogens is 592 g/mol. The highest BCUT2D eigenvalue weighted by atomic mass is 35.5. The molecule has 4 aromatic rings. The highest BCUT2D eigenvalue weighted by molar-refractivity contribution is 6.28. The second-order valence-electron chi connectivity index (χ2n) is 13.0. The molecule has 1 aliphatic rings. The van der Waals surface area contributed by atoms with Gasteiger partial charge in [0.2, 0.25) is 5.28 Å². The van der Waals surface area contributed by atoms with Crippen molar-refractivity contribution in [3.8, 4) is 0 Å². The van der Waals surface area contributed by atoms with Gasteiger partial charge in [0.25, 0.3) is 0 Å². The Balaban J connectivity index is 1.39. The van der Waals surface area contributed by atoms with Gasteiger partial charge >= 0.3 is 12.2 Å². The molecular formula is C34H39ClN6O4. The quantitative estimate of drug-likeness (QED) is 0.163. The number of nitrogens with zero attached hydrogens (tertiary/aromatic N) is 5. The number of anilines is 1. The van der Waals surface area contributed by atoms with Crippen LogP contribution >= 0.6 is 11.6 Å². The standard InChI is InChI=1S/C34H39ClN6O4/c1-33(2,3)44-31(42)41(32(43)45-34(4,5)6)25-18-17-24(19-25)40-21-37-27-28(38-30(35)39-29(27)40)36-20-26(22-13-9-7-10-14-22)23-15-11-8-12-16-23/h7-18,21,24-26H,19-20H2,1-6H3,(H,36,38,39)/t24-,25+/m0/s1. The summed E-state index contributed by atoms with van der Waals surface area (Å²) in [5, 5.41) is 3.54. The van der Waals surface area contributed by atoms with Gasteiger partial charge in [-0.05, 0) is 70.7 Å². The van der Waals surface area contributed by atoms with Crippen molar-refractivity contribution in [3.05, 3.63) is 95.6 Å². The van der Waals surface area contributed by atoms with E-state index in [2.05, 4.69) is 44.5 Å². The van der Waals surface area contributed by atoms with Gasteiger partial charge < -0.3 is 19.4 Å². The first kappa shape index (κ1) is 32.0. The average Bonchev–Trinajstić information content (AvgIpc) is 3.60. The number of imide groups is 1. The molecule has 2 aromatic carbocycles. The fourth-order valence-electron chi connectivity index (χ4n) is 5.28. The molecule has 0 unspecified atom stereocenters. The maximum absolute atomic E-state index is 13.2. The number of fused-ring (bicyclic) bond motifs is 1. The molecule has 0 fully saturated rings. The molecule has 236 valence electrons. The number of imidazole rings is 1. The van der Waals surface area contributed by atoms with Crippen molar-refractivity contribution in [2.75, 3.05) is 11.9 Å². The van der Waals surface area contributed by atoms with Crippen LogP contribution in [0.15, 0.2) is 79.1 Å². The summed E-state index contributed by atoms with van der Waals surface area (Å²) in [6.07, 6.45) is 4.22. The lowest BCUT2D eigenvalue weighted by Gasteiger charge is -2.31. The highest BCUT2D eigenvalue weighted by Gasteiger charge is 2.39. The minimum atomic E-state index is -0.795. The van der Waals surface area contributed by atoms with Gasteiger partial charge in [-0.25, -0.2) is 19.5 Å². The molecule has 0 aliphatic heterocycles. The van der Waals surface area contributed by atoms with E-state index >= 15 is 0 Å². The number of ether oxygens (including phenoxy) is 2. The first-order valence-corrected chi connectivity index (χ1v) is 15.3. The van der Waals surface area contributed by atoms with Gasteiger partial charge in [0.15, 0.2) is 17.0 Å². The van der Waals surface area contributed by atoms with Crippen molar-refractivity contribution < 1.29 is 19.1 Å². The van der Waals surface area contributed by atoms with Crippen LogP contribution in [0.25, 0.3) is 11.2 Å². The smallest absolute Gasteiger partial charge is 0.420 e. The molecule has 0 spiro atoms. The monoisotopic (exact) mass is 630 g/mol. The number of aromatic nitrogens is 4. The van der Waals surface area contributed by atoms with Crippen LogP contribution in [-0.2, 0) is 9.47 Å². The number of carbonyl (C=O) groups excluding carboxylic acids is 2. The summed E-state index contributed by atoms with van der Waals surface area (Å²) in [7, 11) is 0. The molecule has 2 aromatic heterocycles. The van der Waals surface area contributed by atoms with E-state index in [0.717, 1.165) is 4.90 Å². The van der Waals surface area contributed by atoms with E-state index in [4.69, 9.17) is 21.1 Å². The Kier molecular flexibility index (Phi) is 9.16. The first-order valence-electron chi connectivity index (χ1n) is 15.0. The number of halogens is 1. The van der Waals surface area contributed by atoms with Crippen LogP contribution in [0.2, 0.25) is 5.28 Å². The number of hydrogen-bond acceptors (Lipinski definition) is 8. The van der Waals surface area contributed by atoms with Crippen LogP contribution in [0.5, 0.6) is 0 Å². The molecule has 5 rings (SSSR count). The van der Waals surface area contributed by atoms with Gasteiger partial charge in [0.1, 0.15) is 11.2 Å². The zero-order valence-electron chi connectivity index (χ0n) is 26.4. The molecule has 2 atom stereocenters. The van der Waals surface area contributed by atoms with Crippen molar-refractivity contribution in [1.82, 2.24) is 24.4 Å². The molecule has 0 saturated carbocycles. The molecule has 11 heteroatoms. The van der Waals surface area contributed by atoms with Gasteiger partial charge in [0, 0.05) is 12.5 Å². The van der Waals surface area contributed by atoms with Crippen molar-refractivity contribution in [2.24, 2.45) is 0 Å². The number of allylic oxidation sites excluding steroid dienone is 1. The highest BCUT2D eigenvalue weighted by Crippen LogP contribution is 2.33. The summed E-state index contributed by atoms with van der Waals surface area (Å²) in [6.45, 7) is 11.1. The van der Waals surface area contributed by atoms with Crippen LogP contribution in [0, 0.1) is 0 Å². The third-order valence-electron chi connectivity index (χ3n) is 7.18. The predicted octanol–water partition coefficient (Wildman–Crippen LogP) is 7.77. The van der Waals surface area contributed by atoms with Crippen molar-refractivity contribution >= 4 is 40.8 Å². The number of hydrogen-bond donors (Lipinski definition) is 1. The molecule has 0 saturated heterocycles. The largest absolute Gasteiger partial charge is 0.443 e. The summed E-state index contributed by atoms with van der Waals surface area (Å²) < 4.78 is 13.0. The van der Waals surface area contributed by atoms with Crippen LogP contribution < -0.4 is 5.32 Å². The Morgan fingerprint density at radius 1 is 0.911 bits per heavy atom. The summed E-state index contributed by atoms with van der Waals surface area (Å²) in [5.41, 5.74) is 1.84. The number of nitrogens with one attached hydrogen (secondary N) is 1. The lowest BCUT2D eigenvalue weighted by atomic mass is 9.91. The van der Waals surface area contributed by atoms with E-state index in [1.165, 1.54) is 11.1 Å². The molecule has 10 nitrogen and oxygen atoms in total. The molecule has 2 amide bonds. The number of benzene rings is 2. The Morgan fingerprint density at radius 3 is 2.00 bits per heavy atom. The molecule has 1 N–H and O–H groups in total. The van der Waals surface area contributed by atoms with Crippen LogP contribution in [0.4, 0.5) is 15.4 Å². The number of carbonyl (C=O) groups is 2. The normalized spacial score (nSPS) is 16.6. The summed E-state index contributed by atoms with van der Waals surface area (Å²) >= 11 is 6.44. The number of rotatable bonds is 7. The van der Waals surface area contributed by atoms with Gasteiger partial charge in [-0.15, -0.1) is 0 Å². The fraction of sp³-hybridized carbons (Fsp3) is 0.382. The average molecular weight is 631 g/mol. The Morgan fingerprint density at radius 2 is 1.47 bits per heavy atom. The third-order valence-corrected chi connectivity index (χ3v) is 7.35. The van der Waals surface area contributed by atoms with Gasteiger partial charge in [-0.1, -0.05) is 72.8 Å². The lowest BCUT2D eigenvalue weighted by Crippen LogP contribution is -2.48. The van der Waals surface area contributed by atoms with E-state index in [1.807, 2.05) is 47.0 Å². The fourth-order valence-corrected chi connectivity index (χ4v) is 5.44. The van der Waals surface area contributed by atoms with E-state index in [9.17, 15) is 9.59 Å². The molecule has 0 radical (unpaired) electrons. The summed E-state index contributed by atoms with van der Waals surface area (Å²) in [5.74, 6) is 0.576. The second-order valence-corrected chi connectivity index (χ2v) is 13.3. The van der Waals surface area contributed by atoms with E-state index in [-0.39, 0.29) is 17.2 Å². The first-order chi connectivity index (χ1) is 21.3. The van der Waals surface area contributed by atoms with Crippen LogP contribution in [0.3, 0.4) is 0 Å². The predicted molar refractivity (Wildman–Crippen MR) is 174 cm³/mol. The minimum Gasteiger partial charge on any atom is -0.443 e. The minimum absolute atomic E-state index is 0.0588. The molecule has 0 bridgehead atoms. The van der Waals surface area contributed by atoms with Gasteiger partial charge in [-0.3, -0.25) is 0 Å². The Labute approximate surface area is 268 Å².